The summed E-state index contributed by atoms with van der Waals surface area (Å²) in [6.45, 7) is 8.09. The van der Waals surface area contributed by atoms with Crippen LogP contribution in [0.25, 0.3) is 0 Å². The van der Waals surface area contributed by atoms with Crippen molar-refractivity contribution in [3.05, 3.63) is 63.1 Å². The Morgan fingerprint density at radius 3 is 2.37 bits per heavy atom. The van der Waals surface area contributed by atoms with Crippen molar-refractivity contribution >= 4 is 35.0 Å². The first-order chi connectivity index (χ1) is 14.2. The van der Waals surface area contributed by atoms with Crippen LogP contribution in [0.2, 0.25) is 10.0 Å². The molecule has 7 heteroatoms. The Labute approximate surface area is 188 Å². The molecule has 0 fully saturated rings. The molecule has 0 unspecified atom stereocenters. The molecule has 2 aromatic rings. The number of nitrogens with zero attached hydrogens (tertiary/aromatic N) is 1. The van der Waals surface area contributed by atoms with Gasteiger partial charge in [0.15, 0.2) is 6.61 Å². The topological polar surface area (TPSA) is 58.6 Å². The van der Waals surface area contributed by atoms with Gasteiger partial charge in [-0.25, -0.2) is 0 Å². The largest absolute Gasteiger partial charge is 0.484 e. The summed E-state index contributed by atoms with van der Waals surface area (Å²) in [4.78, 5) is 27.0. The van der Waals surface area contributed by atoms with Crippen LogP contribution in [0.3, 0.4) is 0 Å². The predicted molar refractivity (Wildman–Crippen MR) is 121 cm³/mol. The molecule has 0 radical (unpaired) electrons. The number of carbonyl (C=O) groups is 2. The SMILES string of the molecule is CCCNC(=O)[C@@H](C)N(Cc1c(Cl)cccc1Cl)C(=O)COc1ccc(C)c(C)c1. The number of hydrogen-bond donors (Lipinski definition) is 1. The normalized spacial score (nSPS) is 11.7. The van der Waals surface area contributed by atoms with Gasteiger partial charge in [-0.05, 0) is 62.6 Å². The number of benzene rings is 2. The van der Waals surface area contributed by atoms with E-state index < -0.39 is 6.04 Å². The third-order valence-corrected chi connectivity index (χ3v) is 5.66. The van der Waals surface area contributed by atoms with Crippen LogP contribution in [0.5, 0.6) is 5.75 Å². The Morgan fingerprint density at radius 2 is 1.77 bits per heavy atom. The average molecular weight is 451 g/mol. The monoisotopic (exact) mass is 450 g/mol. The molecule has 2 aromatic carbocycles. The average Bonchev–Trinajstić information content (AvgIpc) is 2.72. The molecule has 0 saturated heterocycles. The van der Waals surface area contributed by atoms with E-state index in [0.717, 1.165) is 17.5 Å². The second kappa shape index (κ2) is 11.2. The van der Waals surface area contributed by atoms with Crippen LogP contribution in [0.15, 0.2) is 36.4 Å². The minimum absolute atomic E-state index is 0.105. The van der Waals surface area contributed by atoms with Gasteiger partial charge < -0.3 is 15.0 Å². The third-order valence-electron chi connectivity index (χ3n) is 4.95. The minimum atomic E-state index is -0.709. The predicted octanol–water partition coefficient (Wildman–Crippen LogP) is 4.93. The van der Waals surface area contributed by atoms with E-state index in [2.05, 4.69) is 5.32 Å². The summed E-state index contributed by atoms with van der Waals surface area (Å²) >= 11 is 12.6. The highest BCUT2D eigenvalue weighted by Gasteiger charge is 2.27. The molecule has 0 heterocycles. The molecule has 0 aliphatic heterocycles. The van der Waals surface area contributed by atoms with E-state index >= 15 is 0 Å². The molecular weight excluding hydrogens is 423 g/mol. The summed E-state index contributed by atoms with van der Waals surface area (Å²) in [7, 11) is 0. The summed E-state index contributed by atoms with van der Waals surface area (Å²) < 4.78 is 5.70. The molecule has 0 saturated carbocycles. The third kappa shape index (κ3) is 6.38. The maximum Gasteiger partial charge on any atom is 0.261 e. The first-order valence-electron chi connectivity index (χ1n) is 9.94. The molecule has 1 N–H and O–H groups in total. The maximum absolute atomic E-state index is 13.0. The van der Waals surface area contributed by atoms with E-state index in [4.69, 9.17) is 27.9 Å². The zero-order valence-corrected chi connectivity index (χ0v) is 19.3. The summed E-state index contributed by atoms with van der Waals surface area (Å²) in [6, 6.07) is 10.1. The van der Waals surface area contributed by atoms with Crippen molar-refractivity contribution in [1.82, 2.24) is 10.2 Å². The van der Waals surface area contributed by atoms with Gasteiger partial charge in [-0.2, -0.15) is 0 Å². The number of amides is 2. The van der Waals surface area contributed by atoms with Crippen molar-refractivity contribution in [2.24, 2.45) is 0 Å². The van der Waals surface area contributed by atoms with Gasteiger partial charge in [-0.15, -0.1) is 0 Å². The number of ether oxygens (including phenoxy) is 1. The fraction of sp³-hybridized carbons (Fsp3) is 0.391. The zero-order valence-electron chi connectivity index (χ0n) is 17.8. The van der Waals surface area contributed by atoms with E-state index in [-0.39, 0.29) is 25.0 Å². The van der Waals surface area contributed by atoms with Crippen molar-refractivity contribution in [1.29, 1.82) is 0 Å². The van der Waals surface area contributed by atoms with Gasteiger partial charge in [-0.1, -0.05) is 42.3 Å². The van der Waals surface area contributed by atoms with E-state index in [9.17, 15) is 9.59 Å². The van der Waals surface area contributed by atoms with Crippen molar-refractivity contribution in [2.45, 2.75) is 46.7 Å². The summed E-state index contributed by atoms with van der Waals surface area (Å²) in [5.41, 5.74) is 2.81. The molecule has 5 nitrogen and oxygen atoms in total. The lowest BCUT2D eigenvalue weighted by molar-refractivity contribution is -0.142. The van der Waals surface area contributed by atoms with E-state index in [1.807, 2.05) is 39.0 Å². The standard InChI is InChI=1S/C23H28Cl2N2O3/c1-5-11-26-23(29)17(4)27(13-19-20(24)7-6-8-21(19)25)22(28)14-30-18-10-9-15(2)16(3)12-18/h6-10,12,17H,5,11,13-14H2,1-4H3,(H,26,29)/t17-/m1/s1. The molecule has 0 bridgehead atoms. The van der Waals surface area contributed by atoms with Crippen LogP contribution in [-0.4, -0.2) is 35.9 Å². The highest BCUT2D eigenvalue weighted by molar-refractivity contribution is 6.36. The highest BCUT2D eigenvalue weighted by atomic mass is 35.5. The second-order valence-electron chi connectivity index (χ2n) is 7.22. The van der Waals surface area contributed by atoms with Gasteiger partial charge in [0.2, 0.25) is 5.91 Å². The number of hydrogen-bond acceptors (Lipinski definition) is 3. The fourth-order valence-corrected chi connectivity index (χ4v) is 3.38. The molecule has 2 amide bonds. The molecule has 0 aromatic heterocycles. The number of rotatable bonds is 9. The van der Waals surface area contributed by atoms with E-state index in [1.54, 1.807) is 25.1 Å². The first-order valence-corrected chi connectivity index (χ1v) is 10.7. The maximum atomic E-state index is 13.0. The Hall–Kier alpha value is -2.24. The minimum Gasteiger partial charge on any atom is -0.484 e. The number of aryl methyl sites for hydroxylation is 2. The molecule has 2 rings (SSSR count). The lowest BCUT2D eigenvalue weighted by Gasteiger charge is -2.29. The number of halogens is 2. The smallest absolute Gasteiger partial charge is 0.261 e. The summed E-state index contributed by atoms with van der Waals surface area (Å²) in [5.74, 6) is 0.0354. The van der Waals surface area contributed by atoms with Crippen LogP contribution in [0.4, 0.5) is 0 Å². The molecular formula is C23H28Cl2N2O3. The summed E-state index contributed by atoms with van der Waals surface area (Å²) in [6.07, 6.45) is 0.804. The second-order valence-corrected chi connectivity index (χ2v) is 8.04. The van der Waals surface area contributed by atoms with Crippen LogP contribution >= 0.6 is 23.2 Å². The number of carbonyl (C=O) groups excluding carboxylic acids is 2. The zero-order chi connectivity index (χ0) is 22.3. The van der Waals surface area contributed by atoms with Gasteiger partial charge in [0.05, 0.1) is 0 Å². The lowest BCUT2D eigenvalue weighted by atomic mass is 10.1. The van der Waals surface area contributed by atoms with Crippen molar-refractivity contribution in [3.8, 4) is 5.75 Å². The quantitative estimate of drug-likeness (QED) is 0.588. The highest BCUT2D eigenvalue weighted by Crippen LogP contribution is 2.26. The molecule has 0 aliphatic carbocycles. The molecule has 1 atom stereocenters. The van der Waals surface area contributed by atoms with Crippen molar-refractivity contribution in [2.75, 3.05) is 13.2 Å². The molecule has 0 aliphatic rings. The van der Waals surface area contributed by atoms with Gasteiger partial charge in [0.1, 0.15) is 11.8 Å². The van der Waals surface area contributed by atoms with Crippen LogP contribution in [0.1, 0.15) is 37.0 Å². The Bertz CT molecular complexity index is 882. The van der Waals surface area contributed by atoms with Crippen LogP contribution < -0.4 is 10.1 Å². The Balaban J connectivity index is 2.21. The fourth-order valence-electron chi connectivity index (χ4n) is 2.86. The van der Waals surface area contributed by atoms with E-state index in [1.165, 1.54) is 4.90 Å². The van der Waals surface area contributed by atoms with Gasteiger partial charge in [0.25, 0.3) is 5.91 Å². The van der Waals surface area contributed by atoms with Crippen molar-refractivity contribution < 1.29 is 14.3 Å². The van der Waals surface area contributed by atoms with E-state index in [0.29, 0.717) is 27.9 Å². The Morgan fingerprint density at radius 1 is 1.10 bits per heavy atom. The van der Waals surface area contributed by atoms with Gasteiger partial charge >= 0.3 is 0 Å². The Kier molecular flexibility index (Phi) is 9.00. The molecule has 30 heavy (non-hydrogen) atoms. The van der Waals surface area contributed by atoms with Crippen LogP contribution in [-0.2, 0) is 16.1 Å². The van der Waals surface area contributed by atoms with Crippen LogP contribution in [0, 0.1) is 13.8 Å². The lowest BCUT2D eigenvalue weighted by Crippen LogP contribution is -2.49. The van der Waals surface area contributed by atoms with Gasteiger partial charge in [-0.3, -0.25) is 9.59 Å². The first kappa shape index (κ1) is 24.0. The van der Waals surface area contributed by atoms with Gasteiger partial charge in [0, 0.05) is 28.7 Å². The molecule has 0 spiro atoms. The summed E-state index contributed by atoms with van der Waals surface area (Å²) in [5, 5.41) is 3.71. The number of nitrogens with one attached hydrogen (secondary N) is 1. The van der Waals surface area contributed by atoms with Crippen molar-refractivity contribution in [3.63, 3.8) is 0 Å². The molecule has 162 valence electrons.